The van der Waals surface area contributed by atoms with E-state index in [1.54, 1.807) is 23.1 Å². The van der Waals surface area contributed by atoms with Gasteiger partial charge in [0.1, 0.15) is 6.61 Å². The second-order valence-electron chi connectivity index (χ2n) is 3.51. The summed E-state index contributed by atoms with van der Waals surface area (Å²) in [6, 6.07) is 5.26. The van der Waals surface area contributed by atoms with Crippen LogP contribution in [0, 0.1) is 12.3 Å². The normalized spacial score (nSPS) is 15.9. The molecule has 16 heavy (non-hydrogen) atoms. The van der Waals surface area contributed by atoms with Crippen LogP contribution in [0.1, 0.15) is 5.56 Å². The molecule has 0 spiro atoms. The number of hydrogen-bond donors (Lipinski definition) is 1. The van der Waals surface area contributed by atoms with Crippen molar-refractivity contribution in [1.29, 1.82) is 0 Å². The lowest BCUT2D eigenvalue weighted by Gasteiger charge is -2.27. The van der Waals surface area contributed by atoms with Crippen LogP contribution in [0.5, 0.6) is 0 Å². The summed E-state index contributed by atoms with van der Waals surface area (Å²) in [7, 11) is 0. The Morgan fingerprint density at radius 1 is 1.50 bits per heavy atom. The van der Waals surface area contributed by atoms with Gasteiger partial charge < -0.3 is 15.4 Å². The molecule has 1 aromatic rings. The molecule has 1 heterocycles. The van der Waals surface area contributed by atoms with Gasteiger partial charge in [0.2, 0.25) is 0 Å². The number of anilines is 2. The fraction of sp³-hybridized carbons (Fsp3) is 0.250. The molecule has 0 bridgehead atoms. The molecule has 1 saturated heterocycles. The minimum Gasteiger partial charge on any atom is -0.398 e. The Labute approximate surface area is 94.0 Å². The number of nitrogen functional groups attached to an aromatic ring is 1. The molecular weight excluding hydrogens is 204 g/mol. The van der Waals surface area contributed by atoms with E-state index in [-0.39, 0.29) is 12.5 Å². The lowest BCUT2D eigenvalue weighted by atomic mass is 10.1. The van der Waals surface area contributed by atoms with E-state index >= 15 is 0 Å². The second-order valence-corrected chi connectivity index (χ2v) is 3.51. The summed E-state index contributed by atoms with van der Waals surface area (Å²) in [4.78, 5) is 13.3. The third kappa shape index (κ3) is 1.86. The largest absolute Gasteiger partial charge is 0.398 e. The number of carbonyl (C=O) groups is 1. The monoisotopic (exact) mass is 216 g/mol. The molecule has 0 radical (unpaired) electrons. The maximum Gasteiger partial charge on any atom is 0.253 e. The zero-order chi connectivity index (χ0) is 11.5. The van der Waals surface area contributed by atoms with Crippen LogP contribution in [0.25, 0.3) is 0 Å². The van der Waals surface area contributed by atoms with E-state index < -0.39 is 0 Å². The molecule has 2 rings (SSSR count). The summed E-state index contributed by atoms with van der Waals surface area (Å²) in [6.07, 6.45) is 5.33. The lowest BCUT2D eigenvalue weighted by molar-refractivity contribution is -0.125. The molecule has 1 fully saturated rings. The molecule has 0 aliphatic carbocycles. The maximum absolute atomic E-state index is 11.6. The van der Waals surface area contributed by atoms with Crippen molar-refractivity contribution in [3.05, 3.63) is 23.8 Å². The van der Waals surface area contributed by atoms with Gasteiger partial charge >= 0.3 is 0 Å². The molecule has 0 unspecified atom stereocenters. The number of morpholine rings is 1. The van der Waals surface area contributed by atoms with E-state index in [4.69, 9.17) is 16.9 Å². The molecule has 4 heteroatoms. The van der Waals surface area contributed by atoms with Crippen LogP contribution in [-0.2, 0) is 9.53 Å². The number of amides is 1. The first-order chi connectivity index (χ1) is 7.72. The summed E-state index contributed by atoms with van der Waals surface area (Å²) >= 11 is 0. The second kappa shape index (κ2) is 4.25. The smallest absolute Gasteiger partial charge is 0.253 e. The van der Waals surface area contributed by atoms with Crippen molar-refractivity contribution in [3.8, 4) is 12.3 Å². The highest BCUT2D eigenvalue weighted by Crippen LogP contribution is 2.21. The highest BCUT2D eigenvalue weighted by Gasteiger charge is 2.20. The van der Waals surface area contributed by atoms with E-state index in [0.717, 1.165) is 5.69 Å². The Morgan fingerprint density at radius 3 is 3.00 bits per heavy atom. The van der Waals surface area contributed by atoms with E-state index in [2.05, 4.69) is 5.92 Å². The molecule has 1 amide bonds. The van der Waals surface area contributed by atoms with Crippen LogP contribution in [0.2, 0.25) is 0 Å². The van der Waals surface area contributed by atoms with Crippen LogP contribution in [0.3, 0.4) is 0 Å². The van der Waals surface area contributed by atoms with E-state index in [9.17, 15) is 4.79 Å². The summed E-state index contributed by atoms with van der Waals surface area (Å²) in [5.74, 6) is 2.44. The standard InChI is InChI=1S/C12H12N2O2/c1-2-9-7-10(3-4-11(9)13)14-5-6-16-8-12(14)15/h1,3-4,7H,5-6,8,13H2. The molecule has 0 saturated carbocycles. The number of nitrogens with two attached hydrogens (primary N) is 1. The van der Waals surface area contributed by atoms with Gasteiger partial charge in [-0.1, -0.05) is 5.92 Å². The van der Waals surface area contributed by atoms with Crippen molar-refractivity contribution in [2.24, 2.45) is 0 Å². The van der Waals surface area contributed by atoms with Crippen LogP contribution < -0.4 is 10.6 Å². The van der Waals surface area contributed by atoms with Crippen molar-refractivity contribution in [2.45, 2.75) is 0 Å². The van der Waals surface area contributed by atoms with Crippen LogP contribution in [0.4, 0.5) is 11.4 Å². The summed E-state index contributed by atoms with van der Waals surface area (Å²) < 4.78 is 5.06. The quantitative estimate of drug-likeness (QED) is 0.553. The first-order valence-corrected chi connectivity index (χ1v) is 4.96. The Balaban J connectivity index is 2.33. The van der Waals surface area contributed by atoms with Crippen LogP contribution >= 0.6 is 0 Å². The van der Waals surface area contributed by atoms with Gasteiger partial charge in [-0.25, -0.2) is 0 Å². The molecule has 1 aliphatic heterocycles. The minimum absolute atomic E-state index is 0.0565. The number of terminal acetylenes is 1. The SMILES string of the molecule is C#Cc1cc(N2CCOCC2=O)ccc1N. The zero-order valence-corrected chi connectivity index (χ0v) is 8.77. The fourth-order valence-electron chi connectivity index (χ4n) is 1.63. The molecule has 0 aromatic heterocycles. The number of carbonyl (C=O) groups excluding carboxylic acids is 1. The van der Waals surface area contributed by atoms with E-state index in [1.807, 2.05) is 0 Å². The van der Waals surface area contributed by atoms with Gasteiger partial charge in [-0.15, -0.1) is 6.42 Å². The van der Waals surface area contributed by atoms with Crippen molar-refractivity contribution in [3.63, 3.8) is 0 Å². The summed E-state index contributed by atoms with van der Waals surface area (Å²) in [5, 5.41) is 0. The number of rotatable bonds is 1. The van der Waals surface area contributed by atoms with Crippen LogP contribution in [-0.4, -0.2) is 25.7 Å². The maximum atomic E-state index is 11.6. The summed E-state index contributed by atoms with van der Waals surface area (Å²) in [5.41, 5.74) is 7.62. The van der Waals surface area contributed by atoms with Gasteiger partial charge in [-0.2, -0.15) is 0 Å². The Kier molecular flexibility index (Phi) is 2.80. The van der Waals surface area contributed by atoms with Gasteiger partial charge in [0.25, 0.3) is 5.91 Å². The Morgan fingerprint density at radius 2 is 2.31 bits per heavy atom. The number of ether oxygens (including phenoxy) is 1. The van der Waals surface area contributed by atoms with Crippen molar-refractivity contribution >= 4 is 17.3 Å². The van der Waals surface area contributed by atoms with Crippen LogP contribution in [0.15, 0.2) is 18.2 Å². The highest BCUT2D eigenvalue weighted by atomic mass is 16.5. The van der Waals surface area contributed by atoms with Gasteiger partial charge in [0.05, 0.1) is 6.61 Å². The molecule has 2 N–H and O–H groups in total. The van der Waals surface area contributed by atoms with Gasteiger partial charge in [0, 0.05) is 23.5 Å². The van der Waals surface area contributed by atoms with Crippen molar-refractivity contribution in [1.82, 2.24) is 0 Å². The highest BCUT2D eigenvalue weighted by molar-refractivity contribution is 5.95. The van der Waals surface area contributed by atoms with Crippen molar-refractivity contribution in [2.75, 3.05) is 30.4 Å². The van der Waals surface area contributed by atoms with Crippen molar-refractivity contribution < 1.29 is 9.53 Å². The Hall–Kier alpha value is -1.99. The minimum atomic E-state index is -0.0565. The molecule has 82 valence electrons. The molecular formula is C12H12N2O2. The van der Waals surface area contributed by atoms with E-state index in [1.165, 1.54) is 0 Å². The van der Waals surface area contributed by atoms with E-state index in [0.29, 0.717) is 24.4 Å². The predicted molar refractivity (Wildman–Crippen MR) is 62.0 cm³/mol. The fourth-order valence-corrected chi connectivity index (χ4v) is 1.63. The first-order valence-electron chi connectivity index (χ1n) is 4.96. The molecule has 0 atom stereocenters. The average Bonchev–Trinajstić information content (AvgIpc) is 2.31. The third-order valence-corrected chi connectivity index (χ3v) is 2.49. The Bertz CT molecular complexity index is 463. The first kappa shape index (κ1) is 10.5. The molecule has 1 aliphatic rings. The average molecular weight is 216 g/mol. The van der Waals surface area contributed by atoms with Gasteiger partial charge in [0.15, 0.2) is 0 Å². The molecule has 1 aromatic carbocycles. The lowest BCUT2D eigenvalue weighted by Crippen LogP contribution is -2.41. The van der Waals surface area contributed by atoms with Gasteiger partial charge in [-0.05, 0) is 18.2 Å². The van der Waals surface area contributed by atoms with Gasteiger partial charge in [-0.3, -0.25) is 4.79 Å². The molecule has 4 nitrogen and oxygen atoms in total. The number of nitrogens with zero attached hydrogens (tertiary/aromatic N) is 1. The summed E-state index contributed by atoms with van der Waals surface area (Å²) in [6.45, 7) is 1.21. The number of hydrogen-bond acceptors (Lipinski definition) is 3. The number of benzene rings is 1. The topological polar surface area (TPSA) is 55.6 Å². The zero-order valence-electron chi connectivity index (χ0n) is 8.77. The third-order valence-electron chi connectivity index (χ3n) is 2.49. The predicted octanol–water partition coefficient (Wildman–Crippen LogP) is 0.613.